The van der Waals surface area contributed by atoms with Gasteiger partial charge in [-0.1, -0.05) is 17.4 Å². The fourth-order valence-electron chi connectivity index (χ4n) is 2.48. The number of aromatic nitrogens is 1. The van der Waals surface area contributed by atoms with Crippen molar-refractivity contribution in [2.75, 3.05) is 19.5 Å². The predicted molar refractivity (Wildman–Crippen MR) is 94.6 cm³/mol. The van der Waals surface area contributed by atoms with E-state index in [1.54, 1.807) is 41.9 Å². The van der Waals surface area contributed by atoms with Gasteiger partial charge in [-0.15, -0.1) is 0 Å². The van der Waals surface area contributed by atoms with E-state index in [0.717, 1.165) is 21.6 Å². The summed E-state index contributed by atoms with van der Waals surface area (Å²) in [6, 6.07) is 10.5. The highest BCUT2D eigenvalue weighted by atomic mass is 32.1. The maximum atomic E-state index is 12.6. The molecule has 6 nitrogen and oxygen atoms in total. The number of methoxy groups -OCH3 is 2. The molecule has 0 spiro atoms. The van der Waals surface area contributed by atoms with Crippen molar-refractivity contribution in [1.29, 1.82) is 0 Å². The minimum atomic E-state index is -0.341. The minimum Gasteiger partial charge on any atom is -0.496 e. The Morgan fingerprint density at radius 2 is 1.79 bits per heavy atom. The monoisotopic (exact) mass is 344 g/mol. The van der Waals surface area contributed by atoms with Crippen LogP contribution in [0.25, 0.3) is 10.2 Å². The smallest absolute Gasteiger partial charge is 0.307 e. The van der Waals surface area contributed by atoms with E-state index in [1.165, 1.54) is 14.2 Å². The molecular weight excluding hydrogens is 328 g/mol. The number of carbonyl (C=O) groups is 1. The van der Waals surface area contributed by atoms with Crippen molar-refractivity contribution in [2.24, 2.45) is 7.05 Å². The van der Waals surface area contributed by atoms with Gasteiger partial charge in [-0.2, -0.15) is 0 Å². The van der Waals surface area contributed by atoms with Gasteiger partial charge in [0.1, 0.15) is 17.1 Å². The second-order valence-corrected chi connectivity index (χ2v) is 6.09. The lowest BCUT2D eigenvalue weighted by Crippen LogP contribution is -2.14. The Kier molecular flexibility index (Phi) is 4.26. The Balaban J connectivity index is 1.97. The highest BCUT2D eigenvalue weighted by molar-refractivity contribution is 7.16. The van der Waals surface area contributed by atoms with Gasteiger partial charge in [-0.25, -0.2) is 0 Å². The van der Waals surface area contributed by atoms with Crippen LogP contribution in [0.4, 0.5) is 5.69 Å². The van der Waals surface area contributed by atoms with Crippen molar-refractivity contribution >= 4 is 33.1 Å². The number of hydrogen-bond donors (Lipinski definition) is 1. The molecule has 0 aliphatic rings. The number of aryl methyl sites for hydroxylation is 1. The van der Waals surface area contributed by atoms with Crippen molar-refractivity contribution in [1.82, 2.24) is 4.57 Å². The van der Waals surface area contributed by atoms with Gasteiger partial charge in [0, 0.05) is 12.7 Å². The Morgan fingerprint density at radius 1 is 1.12 bits per heavy atom. The van der Waals surface area contributed by atoms with Crippen molar-refractivity contribution < 1.29 is 14.3 Å². The van der Waals surface area contributed by atoms with Gasteiger partial charge in [0.15, 0.2) is 0 Å². The normalized spacial score (nSPS) is 10.6. The molecule has 1 aromatic heterocycles. The predicted octanol–water partition coefficient (Wildman–Crippen LogP) is 2.87. The van der Waals surface area contributed by atoms with Crippen LogP contribution in [-0.4, -0.2) is 24.7 Å². The second kappa shape index (κ2) is 6.37. The van der Waals surface area contributed by atoms with Crippen molar-refractivity contribution in [3.8, 4) is 11.5 Å². The number of nitrogens with one attached hydrogen (secondary N) is 1. The van der Waals surface area contributed by atoms with Gasteiger partial charge in [0.25, 0.3) is 5.91 Å². The molecule has 0 atom stereocenters. The van der Waals surface area contributed by atoms with E-state index in [4.69, 9.17) is 9.47 Å². The first-order valence-electron chi connectivity index (χ1n) is 7.17. The van der Waals surface area contributed by atoms with Crippen molar-refractivity contribution in [3.63, 3.8) is 0 Å². The van der Waals surface area contributed by atoms with Gasteiger partial charge >= 0.3 is 4.87 Å². The van der Waals surface area contributed by atoms with E-state index in [9.17, 15) is 9.59 Å². The van der Waals surface area contributed by atoms with Crippen LogP contribution in [-0.2, 0) is 7.05 Å². The molecule has 0 unspecified atom stereocenters. The largest absolute Gasteiger partial charge is 0.496 e. The molecule has 0 radical (unpaired) electrons. The number of ether oxygens (including phenoxy) is 2. The summed E-state index contributed by atoms with van der Waals surface area (Å²) < 4.78 is 12.9. The summed E-state index contributed by atoms with van der Waals surface area (Å²) in [6.07, 6.45) is 0. The van der Waals surface area contributed by atoms with Gasteiger partial charge in [-0.05, 0) is 30.3 Å². The highest BCUT2D eigenvalue weighted by Gasteiger charge is 2.18. The van der Waals surface area contributed by atoms with Crippen LogP contribution in [0.2, 0.25) is 0 Å². The molecule has 124 valence electrons. The molecule has 0 saturated heterocycles. The summed E-state index contributed by atoms with van der Waals surface area (Å²) in [5, 5.41) is 2.82. The Labute approximate surface area is 142 Å². The zero-order valence-electron chi connectivity index (χ0n) is 13.5. The van der Waals surface area contributed by atoms with Crippen LogP contribution < -0.4 is 19.7 Å². The Morgan fingerprint density at radius 3 is 2.42 bits per heavy atom. The van der Waals surface area contributed by atoms with E-state index >= 15 is 0 Å². The zero-order valence-corrected chi connectivity index (χ0v) is 14.3. The van der Waals surface area contributed by atoms with Crippen LogP contribution >= 0.6 is 11.3 Å². The number of hydrogen-bond acceptors (Lipinski definition) is 5. The van der Waals surface area contributed by atoms with Gasteiger partial charge < -0.3 is 19.4 Å². The molecule has 0 aliphatic heterocycles. The van der Waals surface area contributed by atoms with E-state index in [-0.39, 0.29) is 10.8 Å². The second-order valence-electron chi connectivity index (χ2n) is 5.10. The number of anilines is 1. The molecule has 0 bridgehead atoms. The summed E-state index contributed by atoms with van der Waals surface area (Å²) in [4.78, 5) is 24.3. The maximum absolute atomic E-state index is 12.6. The van der Waals surface area contributed by atoms with Crippen LogP contribution in [0.1, 0.15) is 10.4 Å². The lowest BCUT2D eigenvalue weighted by Gasteiger charge is -2.13. The van der Waals surface area contributed by atoms with Crippen LogP contribution in [0.5, 0.6) is 11.5 Å². The SMILES string of the molecule is COc1cccc(OC)c1C(=O)Nc1ccc2c(c1)sc(=O)n2C. The molecule has 0 saturated carbocycles. The van der Waals surface area contributed by atoms with Crippen LogP contribution in [0.15, 0.2) is 41.2 Å². The summed E-state index contributed by atoms with van der Waals surface area (Å²) in [5.41, 5.74) is 1.75. The number of thiazole rings is 1. The highest BCUT2D eigenvalue weighted by Crippen LogP contribution is 2.29. The third kappa shape index (κ3) is 2.74. The quantitative estimate of drug-likeness (QED) is 0.790. The summed E-state index contributed by atoms with van der Waals surface area (Å²) in [7, 11) is 4.72. The molecule has 24 heavy (non-hydrogen) atoms. The van der Waals surface area contributed by atoms with Gasteiger partial charge in [0.2, 0.25) is 0 Å². The number of carbonyl (C=O) groups excluding carboxylic acids is 1. The lowest BCUT2D eigenvalue weighted by atomic mass is 10.1. The molecule has 1 amide bonds. The third-order valence-corrected chi connectivity index (χ3v) is 4.70. The van der Waals surface area contributed by atoms with Crippen LogP contribution in [0.3, 0.4) is 0 Å². The van der Waals surface area contributed by atoms with Crippen molar-refractivity contribution in [2.45, 2.75) is 0 Å². The molecule has 3 aromatic rings. The fourth-order valence-corrected chi connectivity index (χ4v) is 3.40. The Hall–Kier alpha value is -2.80. The van der Waals surface area contributed by atoms with E-state index < -0.39 is 0 Å². The third-order valence-electron chi connectivity index (χ3n) is 3.71. The Bertz CT molecular complexity index is 952. The standard InChI is InChI=1S/C17H16N2O4S/c1-19-11-8-7-10(9-14(11)24-17(19)21)18-16(20)15-12(22-2)5-4-6-13(15)23-3/h4-9H,1-3H3,(H,18,20). The first-order valence-corrected chi connectivity index (χ1v) is 7.98. The summed E-state index contributed by atoms with van der Waals surface area (Å²) >= 11 is 1.14. The fraction of sp³-hybridized carbons (Fsp3) is 0.176. The van der Waals surface area contributed by atoms with Gasteiger partial charge in [-0.3, -0.25) is 9.59 Å². The number of amides is 1. The van der Waals surface area contributed by atoms with Crippen molar-refractivity contribution in [3.05, 3.63) is 51.6 Å². The summed E-state index contributed by atoms with van der Waals surface area (Å²) in [5.74, 6) is 0.515. The molecule has 1 N–H and O–H groups in total. The molecule has 7 heteroatoms. The molecule has 2 aromatic carbocycles. The number of nitrogens with zero attached hydrogens (tertiary/aromatic N) is 1. The molecule has 3 rings (SSSR count). The first-order chi connectivity index (χ1) is 11.5. The average Bonchev–Trinajstić information content (AvgIpc) is 2.87. The number of benzene rings is 2. The molecule has 0 fully saturated rings. The lowest BCUT2D eigenvalue weighted by molar-refractivity contribution is 0.102. The maximum Gasteiger partial charge on any atom is 0.307 e. The zero-order chi connectivity index (χ0) is 17.3. The average molecular weight is 344 g/mol. The number of rotatable bonds is 4. The summed E-state index contributed by atoms with van der Waals surface area (Å²) in [6.45, 7) is 0. The van der Waals surface area contributed by atoms with E-state index in [2.05, 4.69) is 5.32 Å². The molecular formula is C17H16N2O4S. The van der Waals surface area contributed by atoms with E-state index in [1.807, 2.05) is 6.07 Å². The van der Waals surface area contributed by atoms with Gasteiger partial charge in [0.05, 0.1) is 24.4 Å². The molecule has 0 aliphatic carbocycles. The molecule has 1 heterocycles. The minimum absolute atomic E-state index is 0.0418. The van der Waals surface area contributed by atoms with E-state index in [0.29, 0.717) is 22.7 Å². The topological polar surface area (TPSA) is 69.6 Å². The first kappa shape index (κ1) is 16.1. The van der Waals surface area contributed by atoms with Crippen LogP contribution in [0, 0.1) is 0 Å². The number of fused-ring (bicyclic) bond motifs is 1.